The molecule has 23 heavy (non-hydrogen) atoms. The highest BCUT2D eigenvalue weighted by Crippen LogP contribution is 2.30. The lowest BCUT2D eigenvalue weighted by Crippen LogP contribution is -2.40. The summed E-state index contributed by atoms with van der Waals surface area (Å²) in [5.41, 5.74) is -0.0769. The lowest BCUT2D eigenvalue weighted by atomic mass is 10.1. The summed E-state index contributed by atoms with van der Waals surface area (Å²) in [4.78, 5) is 33.3. The number of ether oxygens (including phenoxy) is 1. The molecule has 0 saturated carbocycles. The summed E-state index contributed by atoms with van der Waals surface area (Å²) >= 11 is 3.01. The van der Waals surface area contributed by atoms with Crippen molar-refractivity contribution in [2.75, 3.05) is 11.9 Å². The van der Waals surface area contributed by atoms with Crippen molar-refractivity contribution in [1.29, 1.82) is 0 Å². The number of imidazole rings is 1. The lowest BCUT2D eigenvalue weighted by Gasteiger charge is -2.16. The molecule has 1 amide bonds. The number of amides is 1. The molecule has 1 fully saturated rings. The van der Waals surface area contributed by atoms with Crippen LogP contribution in [0.25, 0.3) is 11.2 Å². The Kier molecular flexibility index (Phi) is 4.43. The number of hydrogen-bond acceptors (Lipinski definition) is 7. The van der Waals surface area contributed by atoms with E-state index in [1.165, 1.54) is 17.2 Å². The third-order valence-corrected chi connectivity index (χ3v) is 4.11. The first-order valence-electron chi connectivity index (χ1n) is 6.77. The minimum atomic E-state index is -1.25. The van der Waals surface area contributed by atoms with Gasteiger partial charge in [0.05, 0.1) is 18.0 Å². The number of carbonyl (C=O) groups is 1. The van der Waals surface area contributed by atoms with Gasteiger partial charge in [-0.3, -0.25) is 14.2 Å². The van der Waals surface area contributed by atoms with E-state index in [2.05, 4.69) is 36.2 Å². The van der Waals surface area contributed by atoms with E-state index in [-0.39, 0.29) is 28.9 Å². The fourth-order valence-corrected chi connectivity index (χ4v) is 2.64. The van der Waals surface area contributed by atoms with Gasteiger partial charge < -0.3 is 25.3 Å². The molecule has 10 nitrogen and oxygen atoms in total. The second-order valence-electron chi connectivity index (χ2n) is 5.04. The number of aromatic amines is 1. The maximum atomic E-state index is 11.7. The highest BCUT2D eigenvalue weighted by Gasteiger charge is 2.44. The van der Waals surface area contributed by atoms with Crippen molar-refractivity contribution < 1.29 is 19.7 Å². The monoisotopic (exact) mass is 387 g/mol. The molecular formula is C12H14BrN5O5. The Morgan fingerprint density at radius 2 is 2.22 bits per heavy atom. The molecule has 1 aliphatic heterocycles. The van der Waals surface area contributed by atoms with Gasteiger partial charge in [0, 0.05) is 6.54 Å². The molecule has 0 spiro atoms. The number of H-pyrrole nitrogens is 1. The molecule has 0 radical (unpaired) electrons. The number of rotatable bonds is 4. The first-order chi connectivity index (χ1) is 11.0. The lowest BCUT2D eigenvalue weighted by molar-refractivity contribution is -0.119. The molecule has 1 saturated heterocycles. The second-order valence-corrected chi connectivity index (χ2v) is 5.60. The normalized spacial score (nSPS) is 27.4. The molecule has 4 atom stereocenters. The molecule has 0 aromatic carbocycles. The van der Waals surface area contributed by atoms with Crippen LogP contribution in [0.15, 0.2) is 17.4 Å². The Labute approximate surface area is 137 Å². The molecule has 3 heterocycles. The van der Waals surface area contributed by atoms with E-state index in [0.717, 1.165) is 0 Å². The van der Waals surface area contributed by atoms with Crippen molar-refractivity contribution in [2.45, 2.75) is 24.5 Å². The Morgan fingerprint density at radius 1 is 1.43 bits per heavy atom. The van der Waals surface area contributed by atoms with Crippen LogP contribution >= 0.6 is 15.9 Å². The number of fused-ring (bicyclic) bond motifs is 1. The predicted octanol–water partition coefficient (Wildman–Crippen LogP) is -1.75. The van der Waals surface area contributed by atoms with Crippen molar-refractivity contribution in [2.24, 2.45) is 0 Å². The van der Waals surface area contributed by atoms with Crippen LogP contribution in [0.2, 0.25) is 0 Å². The molecule has 1 unspecified atom stereocenters. The first-order valence-corrected chi connectivity index (χ1v) is 7.89. The number of carbonyl (C=O) groups excluding carboxylic acids is 1. The maximum absolute atomic E-state index is 11.7. The number of nitrogens with zero attached hydrogens (tertiary/aromatic N) is 3. The van der Waals surface area contributed by atoms with E-state index in [4.69, 9.17) is 4.74 Å². The summed E-state index contributed by atoms with van der Waals surface area (Å²) in [7, 11) is 0. The van der Waals surface area contributed by atoms with Crippen LogP contribution in [0.1, 0.15) is 6.23 Å². The van der Waals surface area contributed by atoms with Crippen LogP contribution in [0, 0.1) is 0 Å². The summed E-state index contributed by atoms with van der Waals surface area (Å²) in [5, 5.41) is 23.0. The predicted molar refractivity (Wildman–Crippen MR) is 80.9 cm³/mol. The van der Waals surface area contributed by atoms with Gasteiger partial charge in [0.2, 0.25) is 5.91 Å². The standard InChI is InChI=1S/C12H14BrN5O5/c13-1-6(19)14-2-5-8(20)9(21)12(23-5)18-4-17-7-10(18)15-3-16-11(7)22/h3-5,8-9,12,20-21H,1-2H2,(H,14,19)(H,15,16,22)/t5-,8-,9-,12?/m1/s1. The van der Waals surface area contributed by atoms with Gasteiger partial charge in [-0.05, 0) is 0 Å². The zero-order valence-corrected chi connectivity index (χ0v) is 13.3. The molecule has 4 N–H and O–H groups in total. The molecule has 2 aromatic heterocycles. The van der Waals surface area contributed by atoms with Crippen molar-refractivity contribution >= 4 is 33.0 Å². The minimum Gasteiger partial charge on any atom is -0.387 e. The summed E-state index contributed by atoms with van der Waals surface area (Å²) < 4.78 is 6.99. The van der Waals surface area contributed by atoms with E-state index in [0.29, 0.717) is 0 Å². The van der Waals surface area contributed by atoms with Crippen LogP contribution in [-0.2, 0) is 9.53 Å². The Bertz CT molecular complexity index is 777. The molecule has 0 bridgehead atoms. The van der Waals surface area contributed by atoms with Crippen molar-refractivity contribution in [1.82, 2.24) is 24.8 Å². The van der Waals surface area contributed by atoms with E-state index < -0.39 is 30.1 Å². The molecule has 0 aliphatic carbocycles. The average Bonchev–Trinajstić information content (AvgIpc) is 3.09. The van der Waals surface area contributed by atoms with E-state index in [1.54, 1.807) is 0 Å². The van der Waals surface area contributed by atoms with Gasteiger partial charge in [-0.2, -0.15) is 0 Å². The topological polar surface area (TPSA) is 142 Å². The van der Waals surface area contributed by atoms with E-state index in [1.807, 2.05) is 0 Å². The molecule has 124 valence electrons. The molecule has 11 heteroatoms. The third kappa shape index (κ3) is 2.87. The highest BCUT2D eigenvalue weighted by molar-refractivity contribution is 9.09. The van der Waals surface area contributed by atoms with Crippen molar-refractivity contribution in [3.63, 3.8) is 0 Å². The van der Waals surface area contributed by atoms with Crippen molar-refractivity contribution in [3.05, 3.63) is 23.0 Å². The third-order valence-electron chi connectivity index (χ3n) is 3.60. The van der Waals surface area contributed by atoms with Crippen LogP contribution in [0.5, 0.6) is 0 Å². The van der Waals surface area contributed by atoms with Gasteiger partial charge >= 0.3 is 0 Å². The van der Waals surface area contributed by atoms with Crippen LogP contribution in [0.3, 0.4) is 0 Å². The highest BCUT2D eigenvalue weighted by atomic mass is 79.9. The van der Waals surface area contributed by atoms with Gasteiger partial charge in [0.25, 0.3) is 5.56 Å². The fourth-order valence-electron chi connectivity index (χ4n) is 2.44. The Balaban J connectivity index is 1.84. The summed E-state index contributed by atoms with van der Waals surface area (Å²) in [6, 6.07) is 0. The van der Waals surface area contributed by atoms with Gasteiger partial charge in [-0.1, -0.05) is 15.9 Å². The quantitative estimate of drug-likeness (QED) is 0.455. The number of aliphatic hydroxyl groups excluding tert-OH is 2. The largest absolute Gasteiger partial charge is 0.387 e. The molecular weight excluding hydrogens is 374 g/mol. The van der Waals surface area contributed by atoms with E-state index in [9.17, 15) is 19.8 Å². The fraction of sp³-hybridized carbons (Fsp3) is 0.500. The SMILES string of the molecule is O=C(CBr)NC[C@H]1OC(n2cnc3c(=O)[nH]cnc32)[C@H](O)[C@@H]1O. The second kappa shape index (κ2) is 6.35. The molecule has 1 aliphatic rings. The molecule has 3 rings (SSSR count). The smallest absolute Gasteiger partial charge is 0.278 e. The number of alkyl halides is 1. The summed E-state index contributed by atoms with van der Waals surface area (Å²) in [6.07, 6.45) is -1.68. The minimum absolute atomic E-state index is 0.0415. The number of halogens is 1. The van der Waals surface area contributed by atoms with Crippen LogP contribution < -0.4 is 10.9 Å². The van der Waals surface area contributed by atoms with E-state index >= 15 is 0 Å². The Morgan fingerprint density at radius 3 is 2.96 bits per heavy atom. The van der Waals surface area contributed by atoms with Gasteiger partial charge in [-0.25, -0.2) is 9.97 Å². The number of aromatic nitrogens is 4. The summed E-state index contributed by atoms with van der Waals surface area (Å²) in [6.45, 7) is 0.0415. The zero-order chi connectivity index (χ0) is 16.6. The average molecular weight is 388 g/mol. The van der Waals surface area contributed by atoms with Gasteiger partial charge in [0.15, 0.2) is 17.4 Å². The number of aliphatic hydroxyl groups is 2. The van der Waals surface area contributed by atoms with Crippen LogP contribution in [0.4, 0.5) is 0 Å². The summed E-state index contributed by atoms with van der Waals surface area (Å²) in [5.74, 6) is -0.264. The van der Waals surface area contributed by atoms with Gasteiger partial charge in [0.1, 0.15) is 18.3 Å². The first kappa shape index (κ1) is 16.1. The van der Waals surface area contributed by atoms with Crippen molar-refractivity contribution in [3.8, 4) is 0 Å². The Hall–Kier alpha value is -1.82. The van der Waals surface area contributed by atoms with Crippen LogP contribution in [-0.4, -0.2) is 65.8 Å². The molecule has 2 aromatic rings. The number of nitrogens with one attached hydrogen (secondary N) is 2. The number of hydrogen-bond donors (Lipinski definition) is 4. The van der Waals surface area contributed by atoms with Gasteiger partial charge in [-0.15, -0.1) is 0 Å². The maximum Gasteiger partial charge on any atom is 0.278 e. The zero-order valence-electron chi connectivity index (χ0n) is 11.7.